The molecule has 7 heteroatoms. The monoisotopic (exact) mass is 412 g/mol. The molecule has 1 aliphatic heterocycles. The number of ether oxygens (including phenoxy) is 2. The van der Waals surface area contributed by atoms with E-state index in [0.29, 0.717) is 22.6 Å². The Bertz CT molecular complexity index is 907. The second-order valence-corrected chi connectivity index (χ2v) is 7.63. The number of methoxy groups -OCH3 is 2. The highest BCUT2D eigenvalue weighted by molar-refractivity contribution is 7.99. The van der Waals surface area contributed by atoms with Crippen LogP contribution in [0.4, 0.5) is 4.79 Å². The molecule has 1 aliphatic rings. The number of urea groups is 1. The van der Waals surface area contributed by atoms with Gasteiger partial charge in [0.2, 0.25) is 0 Å². The summed E-state index contributed by atoms with van der Waals surface area (Å²) in [5, 5.41) is 5.60. The first-order chi connectivity index (χ1) is 14.1. The maximum Gasteiger partial charge on any atom is 0.338 e. The molecule has 3 rings (SSSR count). The van der Waals surface area contributed by atoms with Crippen LogP contribution in [0.5, 0.6) is 5.75 Å². The second kappa shape index (κ2) is 9.52. The van der Waals surface area contributed by atoms with Crippen LogP contribution < -0.4 is 15.4 Å². The Balaban J connectivity index is 2.04. The fraction of sp³-hybridized carbons (Fsp3) is 0.273. The third-order valence-corrected chi connectivity index (χ3v) is 5.76. The number of hydrogen-bond donors (Lipinski definition) is 2. The van der Waals surface area contributed by atoms with E-state index in [1.165, 1.54) is 7.11 Å². The van der Waals surface area contributed by atoms with Crippen molar-refractivity contribution < 1.29 is 19.1 Å². The molecule has 0 saturated heterocycles. The zero-order valence-electron chi connectivity index (χ0n) is 16.7. The molecule has 0 spiro atoms. The van der Waals surface area contributed by atoms with Crippen LogP contribution in [-0.2, 0) is 9.53 Å². The first-order valence-electron chi connectivity index (χ1n) is 9.34. The predicted molar refractivity (Wildman–Crippen MR) is 114 cm³/mol. The lowest BCUT2D eigenvalue weighted by Crippen LogP contribution is -2.45. The van der Waals surface area contributed by atoms with Crippen LogP contribution in [0.1, 0.15) is 30.5 Å². The van der Waals surface area contributed by atoms with Gasteiger partial charge in [-0.05, 0) is 59.7 Å². The Kier molecular flexibility index (Phi) is 6.82. The number of rotatable bonds is 7. The average Bonchev–Trinajstić information content (AvgIpc) is 2.77. The molecule has 0 fully saturated rings. The zero-order valence-corrected chi connectivity index (χ0v) is 17.5. The van der Waals surface area contributed by atoms with Crippen LogP contribution in [0.15, 0.2) is 59.0 Å². The topological polar surface area (TPSA) is 76.7 Å². The fourth-order valence-corrected chi connectivity index (χ4v) is 3.87. The van der Waals surface area contributed by atoms with Crippen molar-refractivity contribution in [3.8, 4) is 5.75 Å². The predicted octanol–water partition coefficient (Wildman–Crippen LogP) is 4.14. The minimum absolute atomic E-state index is 0.353. The molecule has 1 unspecified atom stereocenters. The van der Waals surface area contributed by atoms with Crippen molar-refractivity contribution in [2.75, 3.05) is 20.0 Å². The summed E-state index contributed by atoms with van der Waals surface area (Å²) in [6.45, 7) is 2.14. The number of hydrogen-bond acceptors (Lipinski definition) is 5. The van der Waals surface area contributed by atoms with E-state index in [0.717, 1.165) is 22.6 Å². The highest BCUT2D eigenvalue weighted by Crippen LogP contribution is 2.33. The maximum atomic E-state index is 12.7. The summed E-state index contributed by atoms with van der Waals surface area (Å²) in [6.07, 6.45) is 1.09. The molecule has 1 atom stereocenters. The standard InChI is InChI=1S/C22H24N2O4S/c1-4-13-29-17-11-7-15(8-12-17)20-18(21(25)28-3)19(23-22(26)24-20)14-5-9-16(27-2)10-6-14/h5-12,20H,4,13H2,1-3H3,(H2,23,24,26). The second-order valence-electron chi connectivity index (χ2n) is 6.46. The van der Waals surface area contributed by atoms with Crippen molar-refractivity contribution in [1.29, 1.82) is 0 Å². The third-order valence-electron chi connectivity index (χ3n) is 4.54. The number of esters is 1. The SMILES string of the molecule is CCCSc1ccc(C2NC(=O)NC(c3ccc(OC)cc3)=C2C(=O)OC)cc1. The summed E-state index contributed by atoms with van der Waals surface area (Å²) >= 11 is 1.77. The zero-order chi connectivity index (χ0) is 20.8. The molecule has 2 amide bonds. The average molecular weight is 413 g/mol. The normalized spacial score (nSPS) is 16.1. The number of carbonyl (C=O) groups is 2. The lowest BCUT2D eigenvalue weighted by atomic mass is 9.92. The minimum Gasteiger partial charge on any atom is -0.497 e. The molecule has 0 aromatic heterocycles. The van der Waals surface area contributed by atoms with Gasteiger partial charge in [-0.1, -0.05) is 19.1 Å². The van der Waals surface area contributed by atoms with Gasteiger partial charge in [-0.15, -0.1) is 11.8 Å². The molecule has 1 heterocycles. The van der Waals surface area contributed by atoms with Gasteiger partial charge in [0, 0.05) is 4.90 Å². The van der Waals surface area contributed by atoms with Crippen LogP contribution in [0.25, 0.3) is 5.70 Å². The Morgan fingerprint density at radius 1 is 1.07 bits per heavy atom. The van der Waals surface area contributed by atoms with E-state index in [-0.39, 0.29) is 6.03 Å². The molecule has 29 heavy (non-hydrogen) atoms. The fourth-order valence-electron chi connectivity index (χ4n) is 3.11. The van der Waals surface area contributed by atoms with Crippen LogP contribution in [0, 0.1) is 0 Å². The summed E-state index contributed by atoms with van der Waals surface area (Å²) in [6, 6.07) is 14.0. The van der Waals surface area contributed by atoms with Crippen molar-refractivity contribution in [2.24, 2.45) is 0 Å². The summed E-state index contributed by atoms with van der Waals surface area (Å²) in [7, 11) is 2.91. The van der Waals surface area contributed by atoms with Gasteiger partial charge in [-0.2, -0.15) is 0 Å². The van der Waals surface area contributed by atoms with Gasteiger partial charge in [0.15, 0.2) is 0 Å². The number of amides is 2. The molecule has 2 N–H and O–H groups in total. The molecule has 2 aromatic carbocycles. The number of thioether (sulfide) groups is 1. The van der Waals surface area contributed by atoms with Crippen LogP contribution >= 0.6 is 11.8 Å². The highest BCUT2D eigenvalue weighted by atomic mass is 32.2. The van der Waals surface area contributed by atoms with Crippen molar-refractivity contribution in [3.63, 3.8) is 0 Å². The first kappa shape index (κ1) is 20.8. The van der Waals surface area contributed by atoms with Gasteiger partial charge in [-0.3, -0.25) is 0 Å². The lowest BCUT2D eigenvalue weighted by Gasteiger charge is -2.29. The van der Waals surface area contributed by atoms with Gasteiger partial charge < -0.3 is 20.1 Å². The number of nitrogens with one attached hydrogen (secondary N) is 2. The van der Waals surface area contributed by atoms with Crippen molar-refractivity contribution >= 4 is 29.5 Å². The van der Waals surface area contributed by atoms with E-state index in [4.69, 9.17) is 9.47 Å². The molecule has 0 radical (unpaired) electrons. The minimum atomic E-state index is -0.612. The molecule has 6 nitrogen and oxygen atoms in total. The largest absolute Gasteiger partial charge is 0.497 e. The van der Waals surface area contributed by atoms with Gasteiger partial charge in [-0.25, -0.2) is 9.59 Å². The van der Waals surface area contributed by atoms with Gasteiger partial charge in [0.25, 0.3) is 0 Å². The summed E-state index contributed by atoms with van der Waals surface area (Å²) < 4.78 is 10.2. The van der Waals surface area contributed by atoms with Crippen molar-refractivity contribution in [2.45, 2.75) is 24.3 Å². The highest BCUT2D eigenvalue weighted by Gasteiger charge is 2.34. The van der Waals surface area contributed by atoms with Gasteiger partial charge in [0.05, 0.1) is 31.5 Å². The van der Waals surface area contributed by atoms with E-state index in [2.05, 4.69) is 17.6 Å². The molecule has 0 bridgehead atoms. The summed E-state index contributed by atoms with van der Waals surface area (Å²) in [5.41, 5.74) is 2.29. The Labute approximate surface area is 174 Å². The van der Waals surface area contributed by atoms with Crippen molar-refractivity contribution in [3.05, 3.63) is 65.2 Å². The van der Waals surface area contributed by atoms with Crippen LogP contribution in [0.3, 0.4) is 0 Å². The van der Waals surface area contributed by atoms with E-state index in [1.807, 2.05) is 24.3 Å². The Morgan fingerprint density at radius 2 is 1.76 bits per heavy atom. The quantitative estimate of drug-likeness (QED) is 0.528. The van der Waals surface area contributed by atoms with Crippen molar-refractivity contribution in [1.82, 2.24) is 10.6 Å². The van der Waals surface area contributed by atoms with E-state index < -0.39 is 12.0 Å². The number of benzene rings is 2. The van der Waals surface area contributed by atoms with Crippen LogP contribution in [-0.4, -0.2) is 32.0 Å². The van der Waals surface area contributed by atoms with E-state index >= 15 is 0 Å². The lowest BCUT2D eigenvalue weighted by molar-refractivity contribution is -0.136. The summed E-state index contributed by atoms with van der Waals surface area (Å²) in [5.74, 6) is 1.22. The third kappa shape index (κ3) is 4.74. The molecule has 0 saturated carbocycles. The molecular formula is C22H24N2O4S. The Hall–Kier alpha value is -2.93. The van der Waals surface area contributed by atoms with Gasteiger partial charge >= 0.3 is 12.0 Å². The van der Waals surface area contributed by atoms with E-state index in [9.17, 15) is 9.59 Å². The summed E-state index contributed by atoms with van der Waals surface area (Å²) in [4.78, 5) is 26.2. The van der Waals surface area contributed by atoms with E-state index in [1.54, 1.807) is 43.1 Å². The Morgan fingerprint density at radius 3 is 2.34 bits per heavy atom. The molecule has 2 aromatic rings. The molecule has 152 valence electrons. The number of carbonyl (C=O) groups excluding carboxylic acids is 2. The molecular weight excluding hydrogens is 388 g/mol. The molecule has 0 aliphatic carbocycles. The maximum absolute atomic E-state index is 12.7. The first-order valence-corrected chi connectivity index (χ1v) is 10.3. The van der Waals surface area contributed by atoms with Gasteiger partial charge in [0.1, 0.15) is 5.75 Å². The smallest absolute Gasteiger partial charge is 0.338 e. The van der Waals surface area contributed by atoms with Crippen LogP contribution in [0.2, 0.25) is 0 Å².